The topological polar surface area (TPSA) is 270 Å². The monoisotopic (exact) mass is 572 g/mol. The summed E-state index contributed by atoms with van der Waals surface area (Å²) in [6, 6.07) is -2.74. The van der Waals surface area contributed by atoms with Crippen LogP contribution in [0.3, 0.4) is 0 Å². The number of nitrogens with two attached hydrogens (primary N) is 2. The van der Waals surface area contributed by atoms with Gasteiger partial charge in [0.15, 0.2) is 10.8 Å². The fourth-order valence-corrected chi connectivity index (χ4v) is 4.95. The summed E-state index contributed by atoms with van der Waals surface area (Å²) in [7, 11) is -4.97. The van der Waals surface area contributed by atoms with Gasteiger partial charge in [0.1, 0.15) is 17.8 Å². The number of carbonyl (C=O) groups excluding carboxylic acids is 2. The van der Waals surface area contributed by atoms with Crippen molar-refractivity contribution in [3.05, 3.63) is 23.0 Å². The quantitative estimate of drug-likeness (QED) is 0.0456. The molecule has 0 aromatic carbocycles. The standard InChI is InChI=1S/C18H24N10O8S2/c19-3-4-21-5-9-6-22-27(25-9)7-11-13(15(30)28(11)38(33,34)35)24-14(29)12(10-8-37-17(20)23-10)26-36-18(1-2-18)16(31)32/h6,8,11,13,21H,1-5,7,19H2,(H2,20,23)(H,24,29)(H,31,32)(H,33,34,35)/t11-,13-/m0/s1. The van der Waals surface area contributed by atoms with E-state index in [0.29, 0.717) is 25.3 Å². The molecule has 1 saturated carbocycles. The van der Waals surface area contributed by atoms with Crippen molar-refractivity contribution in [2.45, 2.75) is 43.6 Å². The van der Waals surface area contributed by atoms with E-state index < -0.39 is 51.5 Å². The van der Waals surface area contributed by atoms with Gasteiger partial charge in [0, 0.05) is 37.9 Å². The lowest BCUT2D eigenvalue weighted by atomic mass is 9.98. The lowest BCUT2D eigenvalue weighted by molar-refractivity contribution is -0.153. The molecule has 2 fully saturated rings. The van der Waals surface area contributed by atoms with Crippen molar-refractivity contribution in [2.24, 2.45) is 10.9 Å². The van der Waals surface area contributed by atoms with Crippen LogP contribution in [0.2, 0.25) is 0 Å². The number of aliphatic carboxylic acids is 1. The Bertz CT molecular complexity index is 1370. The van der Waals surface area contributed by atoms with Crippen LogP contribution in [0.25, 0.3) is 0 Å². The van der Waals surface area contributed by atoms with Gasteiger partial charge in [0.05, 0.1) is 18.4 Å². The lowest BCUT2D eigenvalue weighted by Gasteiger charge is -2.43. The summed E-state index contributed by atoms with van der Waals surface area (Å²) in [5.41, 5.74) is 9.45. The molecule has 0 spiro atoms. The van der Waals surface area contributed by atoms with Gasteiger partial charge in [-0.2, -0.15) is 23.4 Å². The summed E-state index contributed by atoms with van der Waals surface area (Å²) >= 11 is 0.974. The third-order valence-electron chi connectivity index (χ3n) is 5.65. The van der Waals surface area contributed by atoms with E-state index in [0.717, 1.165) is 16.1 Å². The maximum atomic E-state index is 13.1. The van der Waals surface area contributed by atoms with E-state index in [1.54, 1.807) is 0 Å². The normalized spacial score (nSPS) is 20.6. The number of carboxylic acids is 1. The van der Waals surface area contributed by atoms with Gasteiger partial charge >= 0.3 is 16.3 Å². The van der Waals surface area contributed by atoms with E-state index in [1.807, 2.05) is 0 Å². The number of hydrogen-bond acceptors (Lipinski definition) is 14. The van der Waals surface area contributed by atoms with Gasteiger partial charge in [-0.1, -0.05) is 5.16 Å². The van der Waals surface area contributed by atoms with Crippen LogP contribution in [0.5, 0.6) is 0 Å². The number of aromatic nitrogens is 4. The Morgan fingerprint density at radius 1 is 1.37 bits per heavy atom. The predicted octanol–water partition coefficient (Wildman–Crippen LogP) is -3.10. The zero-order valence-corrected chi connectivity index (χ0v) is 21.2. The molecular weight excluding hydrogens is 548 g/mol. The maximum absolute atomic E-state index is 13.1. The molecule has 18 nitrogen and oxygen atoms in total. The minimum Gasteiger partial charge on any atom is -0.478 e. The molecule has 0 radical (unpaired) electrons. The molecule has 38 heavy (non-hydrogen) atoms. The first-order valence-electron chi connectivity index (χ1n) is 11.1. The number of thiazole rings is 1. The second kappa shape index (κ2) is 10.6. The Hall–Kier alpha value is -3.72. The Labute approximate surface area is 218 Å². The summed E-state index contributed by atoms with van der Waals surface area (Å²) < 4.78 is 33.4. The van der Waals surface area contributed by atoms with Crippen LogP contribution in [-0.4, -0.2) is 96.6 Å². The summed E-state index contributed by atoms with van der Waals surface area (Å²) in [6.45, 7) is 0.962. The molecule has 8 N–H and O–H groups in total. The SMILES string of the molecule is NCCNCc1cnn(C[C@H]2[C@H](NC(=O)C(=NOC3(C(=O)O)CC3)c3csc(N)n3)C(=O)N2S(=O)(=O)O)n1. The number of anilines is 1. The number of nitrogens with zero attached hydrogens (tertiary/aromatic N) is 6. The number of β-lactam (4-membered cyclic amide) rings is 1. The maximum Gasteiger partial charge on any atom is 0.362 e. The number of oxime groups is 1. The van der Waals surface area contributed by atoms with Gasteiger partial charge < -0.3 is 32.0 Å². The van der Waals surface area contributed by atoms with Crippen molar-refractivity contribution < 1.29 is 37.3 Å². The first-order valence-corrected chi connectivity index (χ1v) is 13.3. The van der Waals surface area contributed by atoms with Crippen LogP contribution < -0.4 is 22.1 Å². The third-order valence-corrected chi connectivity index (χ3v) is 7.27. The molecule has 2 atom stereocenters. The van der Waals surface area contributed by atoms with Gasteiger partial charge in [-0.05, 0) is 0 Å². The highest BCUT2D eigenvalue weighted by molar-refractivity contribution is 7.84. The molecule has 2 aromatic rings. The summed E-state index contributed by atoms with van der Waals surface area (Å²) in [5, 5.41) is 28.0. The van der Waals surface area contributed by atoms with Crippen LogP contribution in [0.4, 0.5) is 5.13 Å². The Kier molecular flexibility index (Phi) is 7.60. The van der Waals surface area contributed by atoms with Gasteiger partial charge in [-0.25, -0.2) is 14.1 Å². The first-order chi connectivity index (χ1) is 17.9. The Morgan fingerprint density at radius 3 is 2.68 bits per heavy atom. The largest absolute Gasteiger partial charge is 0.478 e. The van der Waals surface area contributed by atoms with Crippen LogP contribution in [0, 0.1) is 0 Å². The molecule has 206 valence electrons. The molecule has 4 rings (SSSR count). The lowest BCUT2D eigenvalue weighted by Crippen LogP contribution is -2.73. The number of amides is 2. The van der Waals surface area contributed by atoms with Crippen molar-refractivity contribution in [3.8, 4) is 0 Å². The summed E-state index contributed by atoms with van der Waals surface area (Å²) in [6.07, 6.45) is 1.76. The van der Waals surface area contributed by atoms with Crippen molar-refractivity contribution in [1.82, 2.24) is 34.9 Å². The number of hydrogen-bond donors (Lipinski definition) is 6. The molecule has 1 aliphatic carbocycles. The van der Waals surface area contributed by atoms with Crippen LogP contribution in [0.15, 0.2) is 16.7 Å². The van der Waals surface area contributed by atoms with Crippen LogP contribution >= 0.6 is 11.3 Å². The van der Waals surface area contributed by atoms with Crippen molar-refractivity contribution in [3.63, 3.8) is 0 Å². The second-order valence-electron chi connectivity index (χ2n) is 8.39. The molecular formula is C18H24N10O8S2. The van der Waals surface area contributed by atoms with Crippen molar-refractivity contribution in [2.75, 3.05) is 18.8 Å². The number of carboxylic acid groups (broad SMARTS) is 1. The minimum absolute atomic E-state index is 0.0514. The van der Waals surface area contributed by atoms with Crippen molar-refractivity contribution in [1.29, 1.82) is 0 Å². The molecule has 1 aliphatic heterocycles. The number of carbonyl (C=O) groups is 3. The highest BCUT2D eigenvalue weighted by atomic mass is 32.2. The van der Waals surface area contributed by atoms with Crippen molar-refractivity contribution >= 4 is 50.3 Å². The van der Waals surface area contributed by atoms with Gasteiger partial charge in [-0.15, -0.1) is 11.3 Å². The van der Waals surface area contributed by atoms with Crippen LogP contribution in [-0.2, 0) is 42.6 Å². The van der Waals surface area contributed by atoms with E-state index >= 15 is 0 Å². The van der Waals surface area contributed by atoms with E-state index in [9.17, 15) is 32.5 Å². The molecule has 2 amide bonds. The minimum atomic E-state index is -4.97. The van der Waals surface area contributed by atoms with E-state index in [-0.39, 0.29) is 34.5 Å². The summed E-state index contributed by atoms with van der Waals surface area (Å²) in [5.74, 6) is -3.40. The number of nitrogens with one attached hydrogen (secondary N) is 2. The van der Waals surface area contributed by atoms with E-state index in [2.05, 4.69) is 31.0 Å². The molecule has 20 heteroatoms. The second-order valence-corrected chi connectivity index (χ2v) is 10.6. The van der Waals surface area contributed by atoms with E-state index in [4.69, 9.17) is 16.3 Å². The zero-order valence-electron chi connectivity index (χ0n) is 19.6. The Balaban J connectivity index is 1.54. The van der Waals surface area contributed by atoms with Gasteiger partial charge in [0.2, 0.25) is 5.60 Å². The smallest absolute Gasteiger partial charge is 0.362 e. The number of rotatable bonds is 13. The van der Waals surface area contributed by atoms with Gasteiger partial charge in [-0.3, -0.25) is 14.1 Å². The van der Waals surface area contributed by atoms with Crippen LogP contribution in [0.1, 0.15) is 24.2 Å². The fourth-order valence-electron chi connectivity index (χ4n) is 3.53. The third kappa shape index (κ3) is 5.72. The molecule has 2 aromatic heterocycles. The van der Waals surface area contributed by atoms with E-state index in [1.165, 1.54) is 11.6 Å². The fraction of sp³-hybridized carbons (Fsp3) is 0.500. The zero-order chi connectivity index (χ0) is 27.7. The first kappa shape index (κ1) is 27.3. The summed E-state index contributed by atoms with van der Waals surface area (Å²) in [4.78, 5) is 47.4. The molecule has 2 aliphatic rings. The van der Waals surface area contributed by atoms with Gasteiger partial charge in [0.25, 0.3) is 11.8 Å². The average Bonchev–Trinajstić information content (AvgIpc) is 3.31. The number of nitrogen functional groups attached to an aromatic ring is 1. The molecule has 0 bridgehead atoms. The molecule has 0 unspecified atom stereocenters. The highest BCUT2D eigenvalue weighted by Crippen LogP contribution is 2.40. The molecule has 1 saturated heterocycles. The molecule has 3 heterocycles. The average molecular weight is 573 g/mol. The Morgan fingerprint density at radius 2 is 2.11 bits per heavy atom. The highest BCUT2D eigenvalue weighted by Gasteiger charge is 2.56. The predicted molar refractivity (Wildman–Crippen MR) is 129 cm³/mol.